The van der Waals surface area contributed by atoms with E-state index in [9.17, 15) is 9.18 Å². The third-order valence-electron chi connectivity index (χ3n) is 1.30. The number of hydrogen-bond donors (Lipinski definition) is 1. The van der Waals surface area contributed by atoms with Crippen molar-refractivity contribution in [2.45, 2.75) is 12.6 Å². The van der Waals surface area contributed by atoms with E-state index in [2.05, 4.69) is 5.32 Å². The lowest BCUT2D eigenvalue weighted by Gasteiger charge is -1.90. The Hall–Kier alpha value is -0.600. The molecule has 1 rings (SSSR count). The molecule has 0 aromatic heterocycles. The number of halogens is 1. The van der Waals surface area contributed by atoms with Crippen molar-refractivity contribution in [3.05, 3.63) is 0 Å². The summed E-state index contributed by atoms with van der Waals surface area (Å²) in [4.78, 5) is 10.4. The summed E-state index contributed by atoms with van der Waals surface area (Å²) in [5, 5.41) is 2.38. The second-order valence-electron chi connectivity index (χ2n) is 1.97. The highest BCUT2D eigenvalue weighted by Crippen LogP contribution is 2.33. The van der Waals surface area contributed by atoms with E-state index in [-0.39, 0.29) is 11.8 Å². The van der Waals surface area contributed by atoms with E-state index in [1.54, 1.807) is 0 Å². The van der Waals surface area contributed by atoms with Crippen molar-refractivity contribution in [2.75, 3.05) is 7.05 Å². The molecule has 1 saturated carbocycles. The predicted octanol–water partition coefficient (Wildman–Crippen LogP) is 0.0904. The Morgan fingerprint density at radius 2 is 2.38 bits per heavy atom. The zero-order valence-electron chi connectivity index (χ0n) is 4.65. The molecule has 0 heterocycles. The SMILES string of the molecule is CNC(=O)[C@@H]1C[C@@H]1F. The van der Waals surface area contributed by atoms with Gasteiger partial charge in [-0.05, 0) is 6.42 Å². The molecule has 0 spiro atoms. The summed E-state index contributed by atoms with van der Waals surface area (Å²) < 4.78 is 12.0. The molecule has 0 aliphatic heterocycles. The minimum Gasteiger partial charge on any atom is -0.359 e. The van der Waals surface area contributed by atoms with Gasteiger partial charge >= 0.3 is 0 Å². The van der Waals surface area contributed by atoms with Crippen LogP contribution in [0.4, 0.5) is 4.39 Å². The van der Waals surface area contributed by atoms with Gasteiger partial charge in [0.2, 0.25) is 5.91 Å². The van der Waals surface area contributed by atoms with Crippen molar-refractivity contribution < 1.29 is 9.18 Å². The van der Waals surface area contributed by atoms with Gasteiger partial charge in [-0.25, -0.2) is 4.39 Å². The topological polar surface area (TPSA) is 29.1 Å². The normalized spacial score (nSPS) is 34.2. The standard InChI is InChI=1S/C5H8FNO/c1-7-5(8)3-2-4(3)6/h3-4H,2H2,1H3,(H,7,8)/t3-,4+/m1/s1. The van der Waals surface area contributed by atoms with E-state index in [1.165, 1.54) is 7.05 Å². The summed E-state index contributed by atoms with van der Waals surface area (Å²) in [6, 6.07) is 0. The minimum atomic E-state index is -0.866. The van der Waals surface area contributed by atoms with E-state index >= 15 is 0 Å². The van der Waals surface area contributed by atoms with Crippen molar-refractivity contribution >= 4 is 5.91 Å². The fourth-order valence-corrected chi connectivity index (χ4v) is 0.621. The van der Waals surface area contributed by atoms with Crippen LogP contribution < -0.4 is 5.32 Å². The third-order valence-corrected chi connectivity index (χ3v) is 1.30. The van der Waals surface area contributed by atoms with Crippen LogP contribution in [0.25, 0.3) is 0 Å². The van der Waals surface area contributed by atoms with Gasteiger partial charge < -0.3 is 5.32 Å². The molecule has 0 radical (unpaired) electrons. The van der Waals surface area contributed by atoms with Gasteiger partial charge in [0.15, 0.2) is 0 Å². The van der Waals surface area contributed by atoms with Crippen LogP contribution in [0.2, 0.25) is 0 Å². The number of hydrogen-bond acceptors (Lipinski definition) is 1. The monoisotopic (exact) mass is 117 g/mol. The molecule has 1 fully saturated rings. The maximum absolute atomic E-state index is 12.0. The van der Waals surface area contributed by atoms with Crippen LogP contribution in [0, 0.1) is 5.92 Å². The van der Waals surface area contributed by atoms with E-state index in [0.717, 1.165) is 0 Å². The van der Waals surface area contributed by atoms with Gasteiger partial charge in [-0.3, -0.25) is 4.79 Å². The summed E-state index contributed by atoms with van der Waals surface area (Å²) in [7, 11) is 1.52. The second-order valence-corrected chi connectivity index (χ2v) is 1.97. The lowest BCUT2D eigenvalue weighted by Crippen LogP contribution is -2.20. The molecular weight excluding hydrogens is 109 g/mol. The zero-order chi connectivity index (χ0) is 6.15. The third kappa shape index (κ3) is 0.804. The molecule has 0 bridgehead atoms. The maximum Gasteiger partial charge on any atom is 0.225 e. The van der Waals surface area contributed by atoms with Crippen molar-refractivity contribution in [1.29, 1.82) is 0 Å². The van der Waals surface area contributed by atoms with E-state index in [1.807, 2.05) is 0 Å². The Bertz CT molecular complexity index is 115. The van der Waals surface area contributed by atoms with Gasteiger partial charge in [0.05, 0.1) is 5.92 Å². The van der Waals surface area contributed by atoms with Crippen LogP contribution in [-0.2, 0) is 4.79 Å². The van der Waals surface area contributed by atoms with E-state index in [4.69, 9.17) is 0 Å². The first-order valence-corrected chi connectivity index (χ1v) is 2.61. The van der Waals surface area contributed by atoms with Crippen LogP contribution in [0.1, 0.15) is 6.42 Å². The Labute approximate surface area is 47.1 Å². The minimum absolute atomic E-state index is 0.169. The fraction of sp³-hybridized carbons (Fsp3) is 0.800. The molecule has 0 saturated heterocycles. The molecule has 1 aliphatic rings. The summed E-state index contributed by atoms with van der Waals surface area (Å²) in [5.41, 5.74) is 0. The number of alkyl halides is 1. The van der Waals surface area contributed by atoms with Gasteiger partial charge in [-0.15, -0.1) is 0 Å². The molecule has 2 nitrogen and oxygen atoms in total. The van der Waals surface area contributed by atoms with Gasteiger partial charge in [-0.2, -0.15) is 0 Å². The zero-order valence-corrected chi connectivity index (χ0v) is 4.65. The molecule has 1 N–H and O–H groups in total. The highest BCUT2D eigenvalue weighted by molar-refractivity contribution is 5.81. The van der Waals surface area contributed by atoms with Crippen LogP contribution in [0.5, 0.6) is 0 Å². The Balaban J connectivity index is 2.28. The summed E-state index contributed by atoms with van der Waals surface area (Å²) in [6.45, 7) is 0. The number of carbonyl (C=O) groups excluding carboxylic acids is 1. The lowest BCUT2D eigenvalue weighted by atomic mass is 10.4. The molecule has 8 heavy (non-hydrogen) atoms. The predicted molar refractivity (Wildman–Crippen MR) is 27.1 cm³/mol. The smallest absolute Gasteiger partial charge is 0.225 e. The van der Waals surface area contributed by atoms with Crippen LogP contribution in [0.15, 0.2) is 0 Å². The van der Waals surface area contributed by atoms with Crippen molar-refractivity contribution in [1.82, 2.24) is 5.32 Å². The van der Waals surface area contributed by atoms with E-state index < -0.39 is 6.17 Å². The van der Waals surface area contributed by atoms with Gasteiger partial charge in [0.1, 0.15) is 6.17 Å². The fourth-order valence-electron chi connectivity index (χ4n) is 0.621. The van der Waals surface area contributed by atoms with Crippen molar-refractivity contribution in [3.63, 3.8) is 0 Å². The van der Waals surface area contributed by atoms with Gasteiger partial charge in [-0.1, -0.05) is 0 Å². The molecule has 0 aromatic carbocycles. The maximum atomic E-state index is 12.0. The summed E-state index contributed by atoms with van der Waals surface area (Å²) in [5.74, 6) is -0.502. The molecule has 3 heteroatoms. The molecule has 1 amide bonds. The second kappa shape index (κ2) is 1.73. The molecule has 0 unspecified atom stereocenters. The van der Waals surface area contributed by atoms with Crippen molar-refractivity contribution in [3.8, 4) is 0 Å². The Morgan fingerprint density at radius 1 is 1.88 bits per heavy atom. The first kappa shape index (κ1) is 5.54. The average molecular weight is 117 g/mol. The Morgan fingerprint density at radius 3 is 2.50 bits per heavy atom. The van der Waals surface area contributed by atoms with E-state index in [0.29, 0.717) is 6.42 Å². The molecule has 46 valence electrons. The summed E-state index contributed by atoms with van der Waals surface area (Å²) in [6.07, 6.45) is -0.449. The number of carbonyl (C=O) groups is 1. The molecule has 1 aliphatic carbocycles. The van der Waals surface area contributed by atoms with Crippen LogP contribution in [-0.4, -0.2) is 19.1 Å². The van der Waals surface area contributed by atoms with Crippen molar-refractivity contribution in [2.24, 2.45) is 5.92 Å². The Kier molecular flexibility index (Phi) is 1.19. The average Bonchev–Trinajstić information content (AvgIpc) is 2.45. The highest BCUT2D eigenvalue weighted by atomic mass is 19.1. The van der Waals surface area contributed by atoms with Gasteiger partial charge in [0, 0.05) is 7.05 Å². The quantitative estimate of drug-likeness (QED) is 0.518. The number of rotatable bonds is 1. The molecule has 0 aromatic rings. The number of amides is 1. The number of nitrogens with one attached hydrogen (secondary N) is 1. The first-order valence-electron chi connectivity index (χ1n) is 2.61. The molecular formula is C5H8FNO. The first-order chi connectivity index (χ1) is 3.75. The molecule has 2 atom stereocenters. The lowest BCUT2D eigenvalue weighted by molar-refractivity contribution is -0.122. The summed E-state index contributed by atoms with van der Waals surface area (Å²) >= 11 is 0. The van der Waals surface area contributed by atoms with Crippen LogP contribution in [0.3, 0.4) is 0 Å². The van der Waals surface area contributed by atoms with Gasteiger partial charge in [0.25, 0.3) is 0 Å². The highest BCUT2D eigenvalue weighted by Gasteiger charge is 2.42. The van der Waals surface area contributed by atoms with Crippen LogP contribution >= 0.6 is 0 Å². The largest absolute Gasteiger partial charge is 0.359 e.